The third-order valence-corrected chi connectivity index (χ3v) is 4.14. The Morgan fingerprint density at radius 3 is 2.08 bits per heavy atom. The first kappa shape index (κ1) is 18.1. The van der Waals surface area contributed by atoms with Gasteiger partial charge in [0.25, 0.3) is 5.91 Å². The van der Waals surface area contributed by atoms with E-state index in [1.165, 1.54) is 14.2 Å². The molecule has 1 saturated heterocycles. The van der Waals surface area contributed by atoms with Crippen LogP contribution in [-0.2, 0) is 9.53 Å². The van der Waals surface area contributed by atoms with Crippen molar-refractivity contribution in [3.63, 3.8) is 0 Å². The van der Waals surface area contributed by atoms with E-state index in [9.17, 15) is 9.59 Å². The molecule has 0 aliphatic carbocycles. The van der Waals surface area contributed by atoms with Gasteiger partial charge in [-0.3, -0.25) is 4.79 Å². The summed E-state index contributed by atoms with van der Waals surface area (Å²) in [6.07, 6.45) is 1.12. The van der Waals surface area contributed by atoms with Crippen LogP contribution in [0.15, 0.2) is 18.2 Å². The number of piperidine rings is 1. The van der Waals surface area contributed by atoms with Crippen LogP contribution in [0, 0.1) is 11.8 Å². The first-order valence-electron chi connectivity index (χ1n) is 8.11. The smallest absolute Gasteiger partial charge is 0.338 e. The van der Waals surface area contributed by atoms with Crippen LogP contribution >= 0.6 is 0 Å². The van der Waals surface area contributed by atoms with E-state index < -0.39 is 5.97 Å². The number of benzene rings is 1. The molecule has 6 heteroatoms. The number of amides is 1. The highest BCUT2D eigenvalue weighted by Gasteiger charge is 2.26. The predicted octanol–water partition coefficient (Wildman–Crippen LogP) is 2.37. The van der Waals surface area contributed by atoms with Crippen LogP contribution in [-0.4, -0.2) is 50.7 Å². The van der Waals surface area contributed by atoms with Crippen molar-refractivity contribution in [3.8, 4) is 11.5 Å². The molecule has 0 spiro atoms. The van der Waals surface area contributed by atoms with Gasteiger partial charge < -0.3 is 19.1 Å². The number of nitrogens with zero attached hydrogens (tertiary/aromatic N) is 1. The highest BCUT2D eigenvalue weighted by Crippen LogP contribution is 2.23. The van der Waals surface area contributed by atoms with Gasteiger partial charge in [0.1, 0.15) is 11.5 Å². The van der Waals surface area contributed by atoms with Crippen LogP contribution in [0.5, 0.6) is 11.5 Å². The van der Waals surface area contributed by atoms with Crippen molar-refractivity contribution in [2.45, 2.75) is 20.3 Å². The molecule has 1 heterocycles. The molecule has 1 aliphatic rings. The Balaban J connectivity index is 1.96. The van der Waals surface area contributed by atoms with E-state index in [0.717, 1.165) is 6.42 Å². The minimum absolute atomic E-state index is 0.156. The SMILES string of the molecule is COc1cc(OC)cc(C(=O)OCC(=O)N2C[C@@H](C)C[C@H](C)C2)c1. The zero-order chi connectivity index (χ0) is 17.7. The second kappa shape index (κ2) is 8.04. The summed E-state index contributed by atoms with van der Waals surface area (Å²) in [4.78, 5) is 26.2. The number of hydrogen-bond donors (Lipinski definition) is 0. The summed E-state index contributed by atoms with van der Waals surface area (Å²) in [6.45, 7) is 5.44. The highest BCUT2D eigenvalue weighted by molar-refractivity contribution is 5.92. The van der Waals surface area contributed by atoms with Crippen molar-refractivity contribution < 1.29 is 23.8 Å². The first-order chi connectivity index (χ1) is 11.4. The van der Waals surface area contributed by atoms with Gasteiger partial charge in [0.15, 0.2) is 6.61 Å². The molecule has 1 aromatic carbocycles. The Morgan fingerprint density at radius 2 is 1.58 bits per heavy atom. The van der Waals surface area contributed by atoms with E-state index in [1.54, 1.807) is 23.1 Å². The Hall–Kier alpha value is -2.24. The number of ether oxygens (including phenoxy) is 3. The highest BCUT2D eigenvalue weighted by atomic mass is 16.5. The monoisotopic (exact) mass is 335 g/mol. The van der Waals surface area contributed by atoms with Gasteiger partial charge in [0.05, 0.1) is 19.8 Å². The zero-order valence-corrected chi connectivity index (χ0v) is 14.7. The maximum absolute atomic E-state index is 12.3. The second-order valence-electron chi connectivity index (χ2n) is 6.42. The van der Waals surface area contributed by atoms with Gasteiger partial charge in [0, 0.05) is 19.2 Å². The summed E-state index contributed by atoms with van der Waals surface area (Å²) in [6, 6.07) is 4.78. The topological polar surface area (TPSA) is 65.1 Å². The number of methoxy groups -OCH3 is 2. The summed E-state index contributed by atoms with van der Waals surface area (Å²) in [7, 11) is 3.01. The fourth-order valence-corrected chi connectivity index (χ4v) is 3.09. The third kappa shape index (κ3) is 4.63. The lowest BCUT2D eigenvalue weighted by molar-refractivity contribution is -0.137. The third-order valence-electron chi connectivity index (χ3n) is 4.14. The molecule has 0 aromatic heterocycles. The Morgan fingerprint density at radius 1 is 1.04 bits per heavy atom. The number of rotatable bonds is 5. The van der Waals surface area contributed by atoms with Crippen LogP contribution in [0.25, 0.3) is 0 Å². The van der Waals surface area contributed by atoms with Crippen molar-refractivity contribution in [2.24, 2.45) is 11.8 Å². The van der Waals surface area contributed by atoms with Gasteiger partial charge >= 0.3 is 5.97 Å². The van der Waals surface area contributed by atoms with E-state index in [4.69, 9.17) is 14.2 Å². The quantitative estimate of drug-likeness (QED) is 0.773. The molecule has 1 aromatic rings. The molecule has 6 nitrogen and oxygen atoms in total. The molecule has 0 saturated carbocycles. The summed E-state index contributed by atoms with van der Waals surface area (Å²) in [5.74, 6) is 1.19. The summed E-state index contributed by atoms with van der Waals surface area (Å²) in [5, 5.41) is 0. The molecule has 0 radical (unpaired) electrons. The van der Waals surface area contributed by atoms with Gasteiger partial charge in [-0.25, -0.2) is 4.79 Å². The lowest BCUT2D eigenvalue weighted by Crippen LogP contribution is -2.44. The average molecular weight is 335 g/mol. The molecular formula is C18H25NO5. The Kier molecular flexibility index (Phi) is 6.06. The fraction of sp³-hybridized carbons (Fsp3) is 0.556. The minimum Gasteiger partial charge on any atom is -0.497 e. The van der Waals surface area contributed by atoms with E-state index in [-0.39, 0.29) is 12.5 Å². The van der Waals surface area contributed by atoms with Crippen LogP contribution < -0.4 is 9.47 Å². The minimum atomic E-state index is -0.571. The molecule has 1 fully saturated rings. The summed E-state index contributed by atoms with van der Waals surface area (Å²) >= 11 is 0. The zero-order valence-electron chi connectivity index (χ0n) is 14.7. The second-order valence-corrected chi connectivity index (χ2v) is 6.42. The van der Waals surface area contributed by atoms with Crippen LogP contribution in [0.3, 0.4) is 0 Å². The Labute approximate surface area is 142 Å². The Bertz CT molecular complexity index is 569. The number of carbonyl (C=O) groups excluding carboxylic acids is 2. The van der Waals surface area contributed by atoms with Gasteiger partial charge in [-0.1, -0.05) is 13.8 Å². The molecule has 0 bridgehead atoms. The molecule has 24 heavy (non-hydrogen) atoms. The molecular weight excluding hydrogens is 310 g/mol. The number of esters is 1. The molecule has 2 atom stereocenters. The lowest BCUT2D eigenvalue weighted by Gasteiger charge is -2.34. The largest absolute Gasteiger partial charge is 0.497 e. The van der Waals surface area contributed by atoms with Crippen molar-refractivity contribution in [3.05, 3.63) is 23.8 Å². The van der Waals surface area contributed by atoms with Gasteiger partial charge in [-0.2, -0.15) is 0 Å². The standard InChI is InChI=1S/C18H25NO5/c1-12-5-13(2)10-19(9-12)17(20)11-24-18(21)14-6-15(22-3)8-16(7-14)23-4/h6-8,12-13H,5,9-11H2,1-4H3/t12-,13-/m0/s1. The van der Waals surface area contributed by atoms with Crippen molar-refractivity contribution in [1.82, 2.24) is 4.90 Å². The van der Waals surface area contributed by atoms with Gasteiger partial charge in [-0.05, 0) is 30.4 Å². The fourth-order valence-electron chi connectivity index (χ4n) is 3.09. The van der Waals surface area contributed by atoms with Crippen molar-refractivity contribution in [2.75, 3.05) is 33.9 Å². The van der Waals surface area contributed by atoms with Crippen LogP contribution in [0.2, 0.25) is 0 Å². The predicted molar refractivity (Wildman–Crippen MR) is 89.4 cm³/mol. The first-order valence-corrected chi connectivity index (χ1v) is 8.11. The number of likely N-dealkylation sites (tertiary alicyclic amines) is 1. The van der Waals surface area contributed by atoms with Crippen LogP contribution in [0.1, 0.15) is 30.6 Å². The van der Waals surface area contributed by atoms with Gasteiger partial charge in [-0.15, -0.1) is 0 Å². The maximum Gasteiger partial charge on any atom is 0.338 e. The van der Waals surface area contributed by atoms with Gasteiger partial charge in [0.2, 0.25) is 0 Å². The summed E-state index contributed by atoms with van der Waals surface area (Å²) in [5.41, 5.74) is 0.291. The van der Waals surface area contributed by atoms with Crippen LogP contribution in [0.4, 0.5) is 0 Å². The van der Waals surface area contributed by atoms with Crippen molar-refractivity contribution >= 4 is 11.9 Å². The normalized spacial score (nSPS) is 20.4. The summed E-state index contributed by atoms with van der Waals surface area (Å²) < 4.78 is 15.4. The van der Waals surface area contributed by atoms with E-state index in [1.807, 2.05) is 0 Å². The molecule has 2 rings (SSSR count). The van der Waals surface area contributed by atoms with Crippen molar-refractivity contribution in [1.29, 1.82) is 0 Å². The van der Waals surface area contributed by atoms with E-state index >= 15 is 0 Å². The molecule has 0 unspecified atom stereocenters. The average Bonchev–Trinajstić information content (AvgIpc) is 2.57. The molecule has 1 amide bonds. The molecule has 0 N–H and O–H groups in total. The molecule has 132 valence electrons. The number of carbonyl (C=O) groups is 2. The maximum atomic E-state index is 12.3. The number of hydrogen-bond acceptors (Lipinski definition) is 5. The van der Waals surface area contributed by atoms with E-state index in [2.05, 4.69) is 13.8 Å². The van der Waals surface area contributed by atoms with E-state index in [0.29, 0.717) is 42.0 Å². The lowest BCUT2D eigenvalue weighted by atomic mass is 9.92. The molecule has 1 aliphatic heterocycles.